The van der Waals surface area contributed by atoms with E-state index >= 15 is 0 Å². The molecule has 0 aliphatic heterocycles. The lowest BCUT2D eigenvalue weighted by molar-refractivity contribution is 0.594. The molecular weight excluding hydrogens is 276 g/mol. The van der Waals surface area contributed by atoms with Crippen molar-refractivity contribution in [3.63, 3.8) is 0 Å². The molecule has 0 bridgehead atoms. The largest absolute Gasteiger partial charge is 0.334 e. The summed E-state index contributed by atoms with van der Waals surface area (Å²) in [6, 6.07) is 10.6. The third kappa shape index (κ3) is 2.78. The predicted octanol–water partition coefficient (Wildman–Crippen LogP) is 3.68. The zero-order chi connectivity index (χ0) is 12.3. The van der Waals surface area contributed by atoms with E-state index in [2.05, 4.69) is 69.7 Å². The van der Waals surface area contributed by atoms with Crippen molar-refractivity contribution in [1.82, 2.24) is 9.55 Å². The lowest BCUT2D eigenvalue weighted by Crippen LogP contribution is -2.11. The minimum atomic E-state index is 0.489. The van der Waals surface area contributed by atoms with Crippen LogP contribution >= 0.6 is 15.9 Å². The minimum absolute atomic E-state index is 0.489. The highest BCUT2D eigenvalue weighted by Gasteiger charge is 2.12. The Hall–Kier alpha value is -1.09. The van der Waals surface area contributed by atoms with Crippen LogP contribution in [0.3, 0.4) is 0 Å². The summed E-state index contributed by atoms with van der Waals surface area (Å²) in [5.74, 6) is 0.489. The van der Waals surface area contributed by atoms with Crippen LogP contribution in [-0.2, 0) is 6.54 Å². The van der Waals surface area contributed by atoms with E-state index < -0.39 is 0 Å². The second-order valence-corrected chi connectivity index (χ2v) is 4.98. The molecule has 1 aromatic heterocycles. The molecule has 0 saturated heterocycles. The van der Waals surface area contributed by atoms with Gasteiger partial charge in [0.25, 0.3) is 0 Å². The fourth-order valence-electron chi connectivity index (χ4n) is 1.93. The molecule has 1 aromatic carbocycles. The van der Waals surface area contributed by atoms with Gasteiger partial charge in [-0.25, -0.2) is 4.98 Å². The lowest BCUT2D eigenvalue weighted by Gasteiger charge is -2.16. The van der Waals surface area contributed by atoms with Crippen LogP contribution in [0.2, 0.25) is 0 Å². The van der Waals surface area contributed by atoms with Crippen molar-refractivity contribution >= 4 is 15.9 Å². The van der Waals surface area contributed by atoms with E-state index in [-0.39, 0.29) is 0 Å². The van der Waals surface area contributed by atoms with Gasteiger partial charge in [-0.15, -0.1) is 0 Å². The number of alkyl halides is 1. The van der Waals surface area contributed by atoms with E-state index in [4.69, 9.17) is 0 Å². The maximum atomic E-state index is 4.34. The van der Waals surface area contributed by atoms with Crippen molar-refractivity contribution in [2.45, 2.75) is 26.3 Å². The Balaban J connectivity index is 2.19. The Morgan fingerprint density at radius 2 is 1.94 bits per heavy atom. The van der Waals surface area contributed by atoms with Gasteiger partial charge in [-0.2, -0.15) is 0 Å². The number of rotatable bonds is 4. The summed E-state index contributed by atoms with van der Waals surface area (Å²) in [5.41, 5.74) is 3.74. The highest BCUT2D eigenvalue weighted by atomic mass is 79.9. The summed E-state index contributed by atoms with van der Waals surface area (Å²) in [5, 5.41) is 0.966. The normalized spacial score (nSPS) is 12.6. The first-order chi connectivity index (χ1) is 8.22. The lowest BCUT2D eigenvalue weighted by atomic mass is 10.0. The van der Waals surface area contributed by atoms with Crippen molar-refractivity contribution in [1.29, 1.82) is 0 Å². The summed E-state index contributed by atoms with van der Waals surface area (Å²) in [6.45, 7) is 5.15. The van der Waals surface area contributed by atoms with Crippen LogP contribution in [0.4, 0.5) is 0 Å². The topological polar surface area (TPSA) is 17.8 Å². The molecule has 2 nitrogen and oxygen atoms in total. The molecule has 90 valence electrons. The van der Waals surface area contributed by atoms with Crippen molar-refractivity contribution < 1.29 is 0 Å². The Morgan fingerprint density at radius 3 is 2.47 bits per heavy atom. The van der Waals surface area contributed by atoms with Gasteiger partial charge in [0.2, 0.25) is 0 Å². The number of aryl methyl sites for hydroxylation is 1. The molecule has 3 heteroatoms. The molecule has 0 saturated carbocycles. The summed E-state index contributed by atoms with van der Waals surface area (Å²) in [7, 11) is 0. The third-order valence-corrected chi connectivity index (χ3v) is 4.00. The Kier molecular flexibility index (Phi) is 4.00. The van der Waals surface area contributed by atoms with E-state index in [9.17, 15) is 0 Å². The monoisotopic (exact) mass is 292 g/mol. The van der Waals surface area contributed by atoms with Gasteiger partial charge in [0.05, 0.1) is 12.0 Å². The zero-order valence-corrected chi connectivity index (χ0v) is 11.8. The molecule has 2 rings (SSSR count). The molecule has 0 fully saturated rings. The van der Waals surface area contributed by atoms with Gasteiger partial charge in [0, 0.05) is 23.5 Å². The van der Waals surface area contributed by atoms with Crippen LogP contribution < -0.4 is 0 Å². The van der Waals surface area contributed by atoms with E-state index in [1.165, 1.54) is 11.3 Å². The molecule has 0 aliphatic carbocycles. The Bertz CT molecular complexity index is 476. The average Bonchev–Trinajstić information content (AvgIpc) is 2.68. The second-order valence-electron chi connectivity index (χ2n) is 4.33. The molecule has 0 radical (unpaired) electrons. The van der Waals surface area contributed by atoms with Gasteiger partial charge in [-0.1, -0.05) is 46.3 Å². The summed E-state index contributed by atoms with van der Waals surface area (Å²) < 4.78 is 2.23. The molecule has 1 heterocycles. The van der Waals surface area contributed by atoms with Crippen LogP contribution in [0, 0.1) is 13.8 Å². The fourth-order valence-corrected chi connectivity index (χ4v) is 2.51. The van der Waals surface area contributed by atoms with Crippen molar-refractivity contribution in [2.24, 2.45) is 0 Å². The molecule has 0 spiro atoms. The maximum Gasteiger partial charge on any atom is 0.0951 e. The average molecular weight is 293 g/mol. The van der Waals surface area contributed by atoms with Crippen LogP contribution in [0.1, 0.15) is 22.9 Å². The molecule has 0 amide bonds. The van der Waals surface area contributed by atoms with Gasteiger partial charge in [-0.3, -0.25) is 0 Å². The molecule has 1 atom stereocenters. The number of hydrogen-bond acceptors (Lipinski definition) is 1. The van der Waals surface area contributed by atoms with Crippen LogP contribution in [0.15, 0.2) is 36.7 Å². The highest BCUT2D eigenvalue weighted by molar-refractivity contribution is 9.09. The summed E-state index contributed by atoms with van der Waals surface area (Å²) in [6.07, 6.45) is 1.93. The van der Waals surface area contributed by atoms with Crippen molar-refractivity contribution in [3.05, 3.63) is 53.6 Å². The Labute approximate surface area is 111 Å². The first-order valence-corrected chi connectivity index (χ1v) is 6.93. The number of hydrogen-bond donors (Lipinski definition) is 0. The zero-order valence-electron chi connectivity index (χ0n) is 10.2. The number of nitrogens with zero attached hydrogens (tertiary/aromatic N) is 2. The molecule has 2 aromatic rings. The van der Waals surface area contributed by atoms with E-state index in [0.29, 0.717) is 5.92 Å². The molecule has 0 aliphatic rings. The first-order valence-electron chi connectivity index (χ1n) is 5.81. The predicted molar refractivity (Wildman–Crippen MR) is 74.7 cm³/mol. The quantitative estimate of drug-likeness (QED) is 0.786. The van der Waals surface area contributed by atoms with Crippen LogP contribution in [0.5, 0.6) is 0 Å². The van der Waals surface area contributed by atoms with Gasteiger partial charge < -0.3 is 4.57 Å². The van der Waals surface area contributed by atoms with Gasteiger partial charge in [-0.05, 0) is 19.4 Å². The summed E-state index contributed by atoms with van der Waals surface area (Å²) >= 11 is 3.61. The van der Waals surface area contributed by atoms with Crippen molar-refractivity contribution in [3.8, 4) is 0 Å². The summed E-state index contributed by atoms with van der Waals surface area (Å²) in [4.78, 5) is 4.34. The standard InChI is InChI=1S/C14H17BrN2/c1-11-12(2)17(10-16-11)9-14(8-15)13-6-4-3-5-7-13/h3-7,10,14H,8-9H2,1-2H3. The minimum Gasteiger partial charge on any atom is -0.334 e. The third-order valence-electron chi connectivity index (χ3n) is 3.22. The van der Waals surface area contributed by atoms with E-state index in [1.807, 2.05) is 6.33 Å². The number of aromatic nitrogens is 2. The van der Waals surface area contributed by atoms with Gasteiger partial charge in [0.1, 0.15) is 0 Å². The second kappa shape index (κ2) is 5.50. The number of imidazole rings is 1. The highest BCUT2D eigenvalue weighted by Crippen LogP contribution is 2.21. The van der Waals surface area contributed by atoms with E-state index in [0.717, 1.165) is 17.6 Å². The maximum absolute atomic E-state index is 4.34. The van der Waals surface area contributed by atoms with Crippen LogP contribution in [0.25, 0.3) is 0 Å². The smallest absolute Gasteiger partial charge is 0.0951 e. The number of benzene rings is 1. The van der Waals surface area contributed by atoms with E-state index in [1.54, 1.807) is 0 Å². The Morgan fingerprint density at radius 1 is 1.24 bits per heavy atom. The van der Waals surface area contributed by atoms with Crippen LogP contribution in [-0.4, -0.2) is 14.9 Å². The SMILES string of the molecule is Cc1ncn(CC(CBr)c2ccccc2)c1C. The molecule has 17 heavy (non-hydrogen) atoms. The van der Waals surface area contributed by atoms with Crippen molar-refractivity contribution in [2.75, 3.05) is 5.33 Å². The molecule has 1 unspecified atom stereocenters. The fraction of sp³-hybridized carbons (Fsp3) is 0.357. The first kappa shape index (κ1) is 12.4. The molecule has 0 N–H and O–H groups in total. The van der Waals surface area contributed by atoms with Gasteiger partial charge in [0.15, 0.2) is 0 Å². The van der Waals surface area contributed by atoms with Gasteiger partial charge >= 0.3 is 0 Å². The molecular formula is C14H17BrN2. The number of halogens is 1.